The van der Waals surface area contributed by atoms with E-state index in [1.807, 2.05) is 11.3 Å². The van der Waals surface area contributed by atoms with Crippen molar-refractivity contribution in [3.63, 3.8) is 0 Å². The van der Waals surface area contributed by atoms with Gasteiger partial charge in [0.15, 0.2) is 0 Å². The Balaban J connectivity index is 1.65. The van der Waals surface area contributed by atoms with E-state index < -0.39 is 0 Å². The minimum Gasteiger partial charge on any atom is -0.310 e. The van der Waals surface area contributed by atoms with Crippen molar-refractivity contribution in [3.05, 3.63) is 22.4 Å². The fourth-order valence-electron chi connectivity index (χ4n) is 2.18. The quantitative estimate of drug-likeness (QED) is 0.820. The van der Waals surface area contributed by atoms with E-state index in [0.29, 0.717) is 12.1 Å². The topological polar surface area (TPSA) is 24.1 Å². The summed E-state index contributed by atoms with van der Waals surface area (Å²) in [5.41, 5.74) is 0. The molecule has 1 aliphatic rings. The van der Waals surface area contributed by atoms with E-state index in [-0.39, 0.29) is 0 Å². The summed E-state index contributed by atoms with van der Waals surface area (Å²) < 4.78 is 0. The second-order valence-corrected chi connectivity index (χ2v) is 5.44. The van der Waals surface area contributed by atoms with Crippen molar-refractivity contribution in [1.82, 2.24) is 10.6 Å². The molecule has 1 aromatic rings. The predicted octanol–water partition coefficient (Wildman–Crippen LogP) is 2.37. The minimum absolute atomic E-state index is 0.675. The summed E-state index contributed by atoms with van der Waals surface area (Å²) in [7, 11) is 0. The van der Waals surface area contributed by atoms with Gasteiger partial charge in [-0.1, -0.05) is 12.5 Å². The smallest absolute Gasteiger partial charge is 0.0300 e. The monoisotopic (exact) mass is 224 g/mol. The van der Waals surface area contributed by atoms with Gasteiger partial charge in [0, 0.05) is 30.1 Å². The van der Waals surface area contributed by atoms with Crippen molar-refractivity contribution in [2.75, 3.05) is 6.54 Å². The molecule has 2 nitrogen and oxygen atoms in total. The molecule has 0 aliphatic carbocycles. The van der Waals surface area contributed by atoms with Crippen molar-refractivity contribution < 1.29 is 0 Å². The van der Waals surface area contributed by atoms with Crippen LogP contribution in [0.4, 0.5) is 0 Å². The normalized spacial score (nSPS) is 26.7. The maximum Gasteiger partial charge on any atom is 0.0300 e. The van der Waals surface area contributed by atoms with Crippen LogP contribution in [0.1, 0.15) is 31.1 Å². The van der Waals surface area contributed by atoms with Crippen LogP contribution in [0.3, 0.4) is 0 Å². The van der Waals surface area contributed by atoms with Crippen molar-refractivity contribution in [2.45, 2.75) is 44.8 Å². The van der Waals surface area contributed by atoms with Crippen LogP contribution >= 0.6 is 11.3 Å². The molecule has 0 bridgehead atoms. The lowest BCUT2D eigenvalue weighted by Crippen LogP contribution is -2.45. The minimum atomic E-state index is 0.675. The third-order valence-corrected chi connectivity index (χ3v) is 3.86. The highest BCUT2D eigenvalue weighted by Gasteiger charge is 2.16. The molecule has 2 heterocycles. The first kappa shape index (κ1) is 11.1. The molecule has 1 aliphatic heterocycles. The lowest BCUT2D eigenvalue weighted by Gasteiger charge is -2.28. The molecule has 1 aromatic heterocycles. The van der Waals surface area contributed by atoms with Gasteiger partial charge in [-0.25, -0.2) is 0 Å². The largest absolute Gasteiger partial charge is 0.310 e. The predicted molar refractivity (Wildman–Crippen MR) is 66.3 cm³/mol. The molecule has 3 heteroatoms. The van der Waals surface area contributed by atoms with Crippen LogP contribution in [-0.4, -0.2) is 18.6 Å². The van der Waals surface area contributed by atoms with Gasteiger partial charge < -0.3 is 10.6 Å². The number of piperidine rings is 1. The Morgan fingerprint density at radius 2 is 2.47 bits per heavy atom. The van der Waals surface area contributed by atoms with Crippen molar-refractivity contribution >= 4 is 11.3 Å². The molecule has 2 rings (SSSR count). The van der Waals surface area contributed by atoms with Gasteiger partial charge in [-0.2, -0.15) is 0 Å². The maximum absolute atomic E-state index is 3.64. The number of hydrogen-bond acceptors (Lipinski definition) is 3. The van der Waals surface area contributed by atoms with E-state index in [4.69, 9.17) is 0 Å². The van der Waals surface area contributed by atoms with Gasteiger partial charge in [-0.15, -0.1) is 11.3 Å². The molecular formula is C12H20N2S. The molecule has 2 unspecified atom stereocenters. The highest BCUT2D eigenvalue weighted by molar-refractivity contribution is 7.09. The molecule has 15 heavy (non-hydrogen) atoms. The molecule has 0 aromatic carbocycles. The molecule has 0 saturated carbocycles. The zero-order valence-electron chi connectivity index (χ0n) is 9.33. The SMILES string of the molecule is CC1CCCC(CNCc2cccs2)N1. The molecule has 2 atom stereocenters. The van der Waals surface area contributed by atoms with Crippen LogP contribution in [0.5, 0.6) is 0 Å². The van der Waals surface area contributed by atoms with Crippen LogP contribution in [0.15, 0.2) is 17.5 Å². The van der Waals surface area contributed by atoms with Crippen molar-refractivity contribution in [3.8, 4) is 0 Å². The average Bonchev–Trinajstić information content (AvgIpc) is 2.71. The molecular weight excluding hydrogens is 204 g/mol. The Kier molecular flexibility index (Phi) is 4.18. The first-order valence-electron chi connectivity index (χ1n) is 5.84. The fourth-order valence-corrected chi connectivity index (χ4v) is 2.86. The lowest BCUT2D eigenvalue weighted by atomic mass is 10.00. The Morgan fingerprint density at radius 1 is 1.53 bits per heavy atom. The van der Waals surface area contributed by atoms with Gasteiger partial charge in [0.2, 0.25) is 0 Å². The van der Waals surface area contributed by atoms with E-state index >= 15 is 0 Å². The summed E-state index contributed by atoms with van der Waals surface area (Å²) in [6.45, 7) is 4.40. The van der Waals surface area contributed by atoms with E-state index in [1.165, 1.54) is 24.1 Å². The van der Waals surface area contributed by atoms with Crippen molar-refractivity contribution in [2.24, 2.45) is 0 Å². The summed E-state index contributed by atoms with van der Waals surface area (Å²) in [5.74, 6) is 0. The van der Waals surface area contributed by atoms with Crippen LogP contribution < -0.4 is 10.6 Å². The van der Waals surface area contributed by atoms with Gasteiger partial charge in [0.25, 0.3) is 0 Å². The lowest BCUT2D eigenvalue weighted by molar-refractivity contribution is 0.325. The standard InChI is InChI=1S/C12H20N2S/c1-10-4-2-5-11(14-10)8-13-9-12-6-3-7-15-12/h3,6-7,10-11,13-14H,2,4-5,8-9H2,1H3. The molecule has 1 saturated heterocycles. The summed E-state index contributed by atoms with van der Waals surface area (Å²) in [6.07, 6.45) is 4.03. The van der Waals surface area contributed by atoms with E-state index in [2.05, 4.69) is 35.1 Å². The molecule has 2 N–H and O–H groups in total. The number of hydrogen-bond donors (Lipinski definition) is 2. The molecule has 0 spiro atoms. The van der Waals surface area contributed by atoms with Crippen molar-refractivity contribution in [1.29, 1.82) is 0 Å². The third-order valence-electron chi connectivity index (χ3n) is 2.98. The first-order chi connectivity index (χ1) is 7.34. The van der Waals surface area contributed by atoms with Gasteiger partial charge >= 0.3 is 0 Å². The maximum atomic E-state index is 3.64. The van der Waals surface area contributed by atoms with E-state index in [0.717, 1.165) is 13.1 Å². The molecule has 1 fully saturated rings. The Hall–Kier alpha value is -0.380. The van der Waals surface area contributed by atoms with Crippen LogP contribution in [-0.2, 0) is 6.54 Å². The summed E-state index contributed by atoms with van der Waals surface area (Å²) in [4.78, 5) is 1.43. The number of thiophene rings is 1. The molecule has 0 radical (unpaired) electrons. The molecule has 84 valence electrons. The third kappa shape index (κ3) is 3.59. The van der Waals surface area contributed by atoms with Crippen LogP contribution in [0.2, 0.25) is 0 Å². The second-order valence-electron chi connectivity index (χ2n) is 4.41. The van der Waals surface area contributed by atoms with Gasteiger partial charge in [-0.3, -0.25) is 0 Å². The fraction of sp³-hybridized carbons (Fsp3) is 0.667. The second kappa shape index (κ2) is 5.64. The number of rotatable bonds is 4. The number of nitrogens with one attached hydrogen (secondary N) is 2. The van der Waals surface area contributed by atoms with E-state index in [9.17, 15) is 0 Å². The van der Waals surface area contributed by atoms with Gasteiger partial charge in [0.1, 0.15) is 0 Å². The average molecular weight is 224 g/mol. The van der Waals surface area contributed by atoms with E-state index in [1.54, 1.807) is 0 Å². The van der Waals surface area contributed by atoms with Gasteiger partial charge in [0.05, 0.1) is 0 Å². The Labute approximate surface area is 96.1 Å². The Bertz CT molecular complexity index is 271. The molecule has 0 amide bonds. The summed E-state index contributed by atoms with van der Waals surface area (Å²) in [6, 6.07) is 5.68. The first-order valence-corrected chi connectivity index (χ1v) is 6.71. The summed E-state index contributed by atoms with van der Waals surface area (Å²) >= 11 is 1.83. The van der Waals surface area contributed by atoms with Crippen LogP contribution in [0, 0.1) is 0 Å². The Morgan fingerprint density at radius 3 is 3.20 bits per heavy atom. The zero-order valence-corrected chi connectivity index (χ0v) is 10.1. The van der Waals surface area contributed by atoms with Crippen LogP contribution in [0.25, 0.3) is 0 Å². The zero-order chi connectivity index (χ0) is 10.5. The highest BCUT2D eigenvalue weighted by atomic mass is 32.1. The highest BCUT2D eigenvalue weighted by Crippen LogP contribution is 2.12. The van der Waals surface area contributed by atoms with Gasteiger partial charge in [-0.05, 0) is 31.2 Å². The summed E-state index contributed by atoms with van der Waals surface area (Å²) in [5, 5.41) is 9.30.